The van der Waals surface area contributed by atoms with Crippen molar-refractivity contribution in [2.75, 3.05) is 17.3 Å². The van der Waals surface area contributed by atoms with Gasteiger partial charge in [-0.05, 0) is 29.8 Å². The number of hydrogen-bond acceptors (Lipinski definition) is 7. The van der Waals surface area contributed by atoms with E-state index < -0.39 is 10.0 Å². The summed E-state index contributed by atoms with van der Waals surface area (Å²) in [6, 6.07) is 22.8. The van der Waals surface area contributed by atoms with Crippen LogP contribution in [-0.2, 0) is 14.8 Å². The summed E-state index contributed by atoms with van der Waals surface area (Å²) in [5, 5.41) is 16.9. The van der Waals surface area contributed by atoms with E-state index >= 15 is 0 Å². The molecule has 10 heteroatoms. The standard InChI is InChI=1S/C24H22N6O3S/c1-17(31)27-20-11-13-21(14-12-20)34(32,33)26-16-23(18-7-3-2-4-8-18)28-30-24-22-10-6-5-9-19(22)15-25-29-24/h2-15,26H,16H2,1H3,(H,27,31)(H,29,30). The van der Waals surface area contributed by atoms with Crippen LogP contribution < -0.4 is 15.5 Å². The topological polar surface area (TPSA) is 125 Å². The molecule has 0 fully saturated rings. The van der Waals surface area contributed by atoms with Gasteiger partial charge in [-0.15, -0.1) is 5.10 Å². The van der Waals surface area contributed by atoms with E-state index in [1.54, 1.807) is 6.20 Å². The first-order valence-electron chi connectivity index (χ1n) is 10.4. The van der Waals surface area contributed by atoms with E-state index in [0.29, 0.717) is 17.2 Å². The Morgan fingerprint density at radius 3 is 2.38 bits per heavy atom. The van der Waals surface area contributed by atoms with Gasteiger partial charge in [-0.3, -0.25) is 10.2 Å². The lowest BCUT2D eigenvalue weighted by atomic mass is 10.1. The van der Waals surface area contributed by atoms with Crippen LogP contribution in [0.5, 0.6) is 0 Å². The summed E-state index contributed by atoms with van der Waals surface area (Å²) in [5.74, 6) is 0.226. The molecule has 0 aliphatic rings. The van der Waals surface area contributed by atoms with Crippen molar-refractivity contribution in [3.8, 4) is 0 Å². The van der Waals surface area contributed by atoms with Gasteiger partial charge in [0.1, 0.15) is 0 Å². The largest absolute Gasteiger partial charge is 0.326 e. The first-order chi connectivity index (χ1) is 16.4. The van der Waals surface area contributed by atoms with Gasteiger partial charge in [-0.1, -0.05) is 54.6 Å². The van der Waals surface area contributed by atoms with Gasteiger partial charge in [0.25, 0.3) is 0 Å². The van der Waals surface area contributed by atoms with Gasteiger partial charge in [0.05, 0.1) is 23.3 Å². The molecule has 0 saturated carbocycles. The molecule has 9 nitrogen and oxygen atoms in total. The predicted molar refractivity (Wildman–Crippen MR) is 132 cm³/mol. The van der Waals surface area contributed by atoms with Gasteiger partial charge < -0.3 is 5.32 Å². The van der Waals surface area contributed by atoms with Gasteiger partial charge in [-0.25, -0.2) is 13.1 Å². The average molecular weight is 475 g/mol. The van der Waals surface area contributed by atoms with Gasteiger partial charge in [0, 0.05) is 23.4 Å². The highest BCUT2D eigenvalue weighted by Crippen LogP contribution is 2.19. The minimum atomic E-state index is -3.83. The minimum absolute atomic E-state index is 0.0645. The molecule has 1 amide bonds. The molecular weight excluding hydrogens is 452 g/mol. The van der Waals surface area contributed by atoms with Crippen LogP contribution in [-0.4, -0.2) is 36.8 Å². The molecule has 1 heterocycles. The number of sulfonamides is 1. The maximum absolute atomic E-state index is 12.9. The summed E-state index contributed by atoms with van der Waals surface area (Å²) in [5.41, 5.74) is 4.65. The molecule has 3 N–H and O–H groups in total. The summed E-state index contributed by atoms with van der Waals surface area (Å²) in [7, 11) is -3.83. The highest BCUT2D eigenvalue weighted by atomic mass is 32.2. The number of rotatable bonds is 8. The SMILES string of the molecule is CC(=O)Nc1ccc(S(=O)(=O)NCC(=NNc2nncc3ccccc23)c2ccccc2)cc1. The average Bonchev–Trinajstić information content (AvgIpc) is 2.84. The normalized spacial score (nSPS) is 11.9. The van der Waals surface area contributed by atoms with Crippen LogP contribution >= 0.6 is 0 Å². The smallest absolute Gasteiger partial charge is 0.240 e. The molecule has 0 radical (unpaired) electrons. The third-order valence-electron chi connectivity index (χ3n) is 4.89. The Morgan fingerprint density at radius 2 is 1.65 bits per heavy atom. The van der Waals surface area contributed by atoms with E-state index in [-0.39, 0.29) is 17.3 Å². The highest BCUT2D eigenvalue weighted by molar-refractivity contribution is 7.89. The van der Waals surface area contributed by atoms with Crippen molar-refractivity contribution in [3.63, 3.8) is 0 Å². The Balaban J connectivity index is 1.56. The molecule has 0 aliphatic carbocycles. The van der Waals surface area contributed by atoms with Crippen molar-refractivity contribution in [2.45, 2.75) is 11.8 Å². The molecule has 0 spiro atoms. The first kappa shape index (κ1) is 23.0. The summed E-state index contributed by atoms with van der Waals surface area (Å²) in [6.07, 6.45) is 1.66. The maximum atomic E-state index is 12.9. The zero-order chi connectivity index (χ0) is 24.0. The van der Waals surface area contributed by atoms with E-state index in [9.17, 15) is 13.2 Å². The second-order valence-corrected chi connectivity index (χ2v) is 9.11. The van der Waals surface area contributed by atoms with Crippen LogP contribution in [0.2, 0.25) is 0 Å². The van der Waals surface area contributed by atoms with E-state index in [1.807, 2.05) is 54.6 Å². The van der Waals surface area contributed by atoms with Crippen LogP contribution in [0.3, 0.4) is 0 Å². The minimum Gasteiger partial charge on any atom is -0.326 e. The number of aromatic nitrogens is 2. The number of hydrogen-bond donors (Lipinski definition) is 3. The summed E-state index contributed by atoms with van der Waals surface area (Å²) >= 11 is 0. The molecule has 0 atom stereocenters. The van der Waals surface area contributed by atoms with Gasteiger partial charge in [0.15, 0.2) is 5.82 Å². The number of fused-ring (bicyclic) bond motifs is 1. The molecule has 4 rings (SSSR count). The van der Waals surface area contributed by atoms with Crippen molar-refractivity contribution in [2.24, 2.45) is 5.10 Å². The first-order valence-corrected chi connectivity index (χ1v) is 11.9. The quantitative estimate of drug-likeness (QED) is 0.266. The fraction of sp³-hybridized carbons (Fsp3) is 0.0833. The Bertz CT molecular complexity index is 1430. The molecule has 34 heavy (non-hydrogen) atoms. The molecule has 3 aromatic carbocycles. The van der Waals surface area contributed by atoms with Crippen LogP contribution in [0.4, 0.5) is 11.5 Å². The second kappa shape index (κ2) is 10.2. The molecule has 0 bridgehead atoms. The molecule has 0 saturated heterocycles. The predicted octanol–water partition coefficient (Wildman–Crippen LogP) is 3.38. The second-order valence-electron chi connectivity index (χ2n) is 7.35. The number of amides is 1. The molecule has 0 aliphatic heterocycles. The van der Waals surface area contributed by atoms with Crippen LogP contribution in [0.15, 0.2) is 95.1 Å². The maximum Gasteiger partial charge on any atom is 0.240 e. The number of anilines is 2. The monoisotopic (exact) mass is 474 g/mol. The molecule has 1 aromatic heterocycles. The lowest BCUT2D eigenvalue weighted by Crippen LogP contribution is -2.30. The number of carbonyl (C=O) groups is 1. The van der Waals surface area contributed by atoms with Crippen LogP contribution in [0.25, 0.3) is 10.8 Å². The molecule has 0 unspecified atom stereocenters. The number of benzene rings is 3. The summed E-state index contributed by atoms with van der Waals surface area (Å²) in [4.78, 5) is 11.2. The summed E-state index contributed by atoms with van der Waals surface area (Å²) in [6.45, 7) is 1.32. The van der Waals surface area contributed by atoms with Crippen molar-refractivity contribution in [3.05, 3.63) is 90.6 Å². The summed E-state index contributed by atoms with van der Waals surface area (Å²) < 4.78 is 28.3. The lowest BCUT2D eigenvalue weighted by Gasteiger charge is -2.11. The highest BCUT2D eigenvalue weighted by Gasteiger charge is 2.16. The van der Waals surface area contributed by atoms with Crippen LogP contribution in [0, 0.1) is 0 Å². The molecular formula is C24H22N6O3S. The Kier molecular flexibility index (Phi) is 6.90. The fourth-order valence-corrected chi connectivity index (χ4v) is 4.22. The van der Waals surface area contributed by atoms with Crippen LogP contribution in [0.1, 0.15) is 12.5 Å². The van der Waals surface area contributed by atoms with Crippen molar-refractivity contribution < 1.29 is 13.2 Å². The Hall–Kier alpha value is -4.15. The Morgan fingerprint density at radius 1 is 0.941 bits per heavy atom. The number of nitrogens with one attached hydrogen (secondary N) is 3. The van der Waals surface area contributed by atoms with Gasteiger partial charge >= 0.3 is 0 Å². The van der Waals surface area contributed by atoms with Crippen molar-refractivity contribution in [1.82, 2.24) is 14.9 Å². The van der Waals surface area contributed by atoms with E-state index in [1.165, 1.54) is 31.2 Å². The number of nitrogens with zero attached hydrogens (tertiary/aromatic N) is 3. The van der Waals surface area contributed by atoms with Gasteiger partial charge in [-0.2, -0.15) is 10.2 Å². The van der Waals surface area contributed by atoms with Gasteiger partial charge in [0.2, 0.25) is 15.9 Å². The third-order valence-corrected chi connectivity index (χ3v) is 6.31. The number of carbonyl (C=O) groups excluding carboxylic acids is 1. The third kappa shape index (κ3) is 5.61. The van der Waals surface area contributed by atoms with E-state index in [4.69, 9.17) is 0 Å². The zero-order valence-corrected chi connectivity index (χ0v) is 19.1. The Labute approximate surface area is 197 Å². The van der Waals surface area contributed by atoms with E-state index in [0.717, 1.165) is 16.3 Å². The molecule has 172 valence electrons. The fourth-order valence-electron chi connectivity index (χ4n) is 3.23. The lowest BCUT2D eigenvalue weighted by molar-refractivity contribution is -0.114. The zero-order valence-electron chi connectivity index (χ0n) is 18.3. The number of hydrazone groups is 1. The van der Waals surface area contributed by atoms with Crippen molar-refractivity contribution in [1.29, 1.82) is 0 Å². The van der Waals surface area contributed by atoms with Crippen molar-refractivity contribution >= 4 is 43.9 Å². The van der Waals surface area contributed by atoms with E-state index in [2.05, 4.69) is 30.8 Å². The molecule has 4 aromatic rings.